The zero-order chi connectivity index (χ0) is 27.1. The minimum atomic E-state index is 0.930. The van der Waals surface area contributed by atoms with Gasteiger partial charge in [-0.1, -0.05) is 227 Å². The van der Waals surface area contributed by atoms with Gasteiger partial charge in [0, 0.05) is 0 Å². The van der Waals surface area contributed by atoms with E-state index in [-0.39, 0.29) is 0 Å². The number of hydrogen-bond acceptors (Lipinski definition) is 0. The molecule has 0 amide bonds. The van der Waals surface area contributed by atoms with Crippen molar-refractivity contribution in [2.24, 2.45) is 11.8 Å². The van der Waals surface area contributed by atoms with Crippen LogP contribution in [0.25, 0.3) is 0 Å². The van der Waals surface area contributed by atoms with Crippen molar-refractivity contribution < 1.29 is 0 Å². The van der Waals surface area contributed by atoms with Crippen LogP contribution in [0.4, 0.5) is 0 Å². The minimum Gasteiger partial charge on any atom is -0.0654 e. The van der Waals surface area contributed by atoms with Crippen molar-refractivity contribution in [2.45, 2.75) is 227 Å². The zero-order valence-electron chi connectivity index (χ0n) is 27.1. The van der Waals surface area contributed by atoms with Gasteiger partial charge in [-0.3, -0.25) is 0 Å². The van der Waals surface area contributed by atoms with Crippen LogP contribution in [-0.2, 0) is 0 Å². The van der Waals surface area contributed by atoms with Gasteiger partial charge in [-0.25, -0.2) is 0 Å². The normalized spacial score (nSPS) is 13.3. The average Bonchev–Trinajstić information content (AvgIpc) is 2.90. The van der Waals surface area contributed by atoms with Crippen molar-refractivity contribution >= 4 is 0 Å². The zero-order valence-corrected chi connectivity index (χ0v) is 27.1. The predicted octanol–water partition coefficient (Wildman–Crippen LogP) is 14.4. The highest BCUT2D eigenvalue weighted by atomic mass is 14.2. The first-order chi connectivity index (χ1) is 18.2. The molecule has 0 aliphatic carbocycles. The van der Waals surface area contributed by atoms with E-state index < -0.39 is 0 Å². The highest BCUT2D eigenvalue weighted by molar-refractivity contribution is 4.62. The highest BCUT2D eigenvalue weighted by Crippen LogP contribution is 2.23. The van der Waals surface area contributed by atoms with E-state index in [0.29, 0.717) is 0 Å². The highest BCUT2D eigenvalue weighted by Gasteiger charge is 2.10. The van der Waals surface area contributed by atoms with Gasteiger partial charge in [-0.15, -0.1) is 0 Å². The average molecular weight is 521 g/mol. The fourth-order valence-electron chi connectivity index (χ4n) is 6.16. The molecule has 224 valence electrons. The van der Waals surface area contributed by atoms with E-state index in [1.807, 2.05) is 0 Å². The predicted molar refractivity (Wildman–Crippen MR) is 173 cm³/mol. The fourth-order valence-corrected chi connectivity index (χ4v) is 6.16. The van der Waals surface area contributed by atoms with Crippen LogP contribution >= 0.6 is 0 Å². The van der Waals surface area contributed by atoms with Gasteiger partial charge in [-0.2, -0.15) is 0 Å². The van der Waals surface area contributed by atoms with E-state index in [9.17, 15) is 0 Å². The van der Waals surface area contributed by atoms with Gasteiger partial charge < -0.3 is 0 Å². The van der Waals surface area contributed by atoms with Gasteiger partial charge in [0.1, 0.15) is 0 Å². The third kappa shape index (κ3) is 30.4. The van der Waals surface area contributed by atoms with E-state index in [0.717, 1.165) is 11.8 Å². The largest absolute Gasteiger partial charge is 0.0654 e. The van der Waals surface area contributed by atoms with Crippen molar-refractivity contribution in [2.75, 3.05) is 0 Å². The molecule has 0 aromatic heterocycles. The Kier molecular flexibility index (Phi) is 32.2. The molecule has 0 rings (SSSR count). The lowest BCUT2D eigenvalue weighted by atomic mass is 9.87. The van der Waals surface area contributed by atoms with Gasteiger partial charge in [0.2, 0.25) is 0 Å². The quantitative estimate of drug-likeness (QED) is 0.0773. The molecule has 0 heterocycles. The lowest BCUT2D eigenvalue weighted by Crippen LogP contribution is -2.07. The van der Waals surface area contributed by atoms with Crippen molar-refractivity contribution in [3.05, 3.63) is 0 Å². The van der Waals surface area contributed by atoms with Crippen LogP contribution in [0.2, 0.25) is 0 Å². The summed E-state index contributed by atoms with van der Waals surface area (Å²) in [6.07, 6.45) is 45.7. The summed E-state index contributed by atoms with van der Waals surface area (Å²) in [6.45, 7) is 9.56. The number of hydrogen-bond donors (Lipinski definition) is 0. The van der Waals surface area contributed by atoms with Gasteiger partial charge in [0.05, 0.1) is 0 Å². The smallest absolute Gasteiger partial charge is 0.0417 e. The van der Waals surface area contributed by atoms with E-state index in [2.05, 4.69) is 27.7 Å². The summed E-state index contributed by atoms with van der Waals surface area (Å²) in [5.41, 5.74) is 0. The molecule has 37 heavy (non-hydrogen) atoms. The van der Waals surface area contributed by atoms with Crippen LogP contribution < -0.4 is 0 Å². The Morgan fingerprint density at radius 1 is 0.243 bits per heavy atom. The lowest BCUT2D eigenvalue weighted by Gasteiger charge is -2.19. The van der Waals surface area contributed by atoms with E-state index in [4.69, 9.17) is 0 Å². The summed E-state index contributed by atoms with van der Waals surface area (Å²) in [7, 11) is 0. The second-order valence-electron chi connectivity index (χ2n) is 13.1. The molecular formula is C37H76. The fraction of sp³-hybridized carbons (Fsp3) is 1.00. The molecule has 0 radical (unpaired) electrons. The Morgan fingerprint density at radius 3 is 0.703 bits per heavy atom. The van der Waals surface area contributed by atoms with Gasteiger partial charge >= 0.3 is 0 Å². The molecule has 0 spiro atoms. The molecule has 2 unspecified atom stereocenters. The summed E-state index contributed by atoms with van der Waals surface area (Å²) in [5, 5.41) is 0. The Bertz CT molecular complexity index is 385. The van der Waals surface area contributed by atoms with Crippen molar-refractivity contribution in [3.8, 4) is 0 Å². The second kappa shape index (κ2) is 32.2. The van der Waals surface area contributed by atoms with Crippen LogP contribution in [-0.4, -0.2) is 0 Å². The number of rotatable bonds is 32. The maximum absolute atomic E-state index is 2.47. The van der Waals surface area contributed by atoms with Crippen LogP contribution in [0.15, 0.2) is 0 Å². The molecule has 2 atom stereocenters. The SMILES string of the molecule is CCCCCCCCCCCCCCCCCCCCCCCCCCCCCCC(C)C(C)CCC. The molecule has 0 bridgehead atoms. The Balaban J connectivity index is 3.09. The first-order valence-corrected chi connectivity index (χ1v) is 18.2. The van der Waals surface area contributed by atoms with Crippen molar-refractivity contribution in [3.63, 3.8) is 0 Å². The first kappa shape index (κ1) is 37.0. The summed E-state index contributed by atoms with van der Waals surface area (Å²) >= 11 is 0. The molecule has 0 heteroatoms. The summed E-state index contributed by atoms with van der Waals surface area (Å²) < 4.78 is 0. The Morgan fingerprint density at radius 2 is 0.459 bits per heavy atom. The first-order valence-electron chi connectivity index (χ1n) is 18.2. The molecule has 0 saturated carbocycles. The summed E-state index contributed by atoms with van der Waals surface area (Å²) in [5.74, 6) is 1.86. The van der Waals surface area contributed by atoms with Gasteiger partial charge in [-0.05, 0) is 11.8 Å². The van der Waals surface area contributed by atoms with Gasteiger partial charge in [0.25, 0.3) is 0 Å². The Hall–Kier alpha value is 0. The van der Waals surface area contributed by atoms with Crippen molar-refractivity contribution in [1.29, 1.82) is 0 Å². The second-order valence-corrected chi connectivity index (χ2v) is 13.1. The number of unbranched alkanes of at least 4 members (excludes halogenated alkanes) is 27. The standard InChI is InChI=1S/C37H76/c1-5-7-8-9-10-11-12-13-14-15-16-17-18-19-20-21-22-23-24-25-26-27-28-29-30-31-32-33-35-37(4)36(3)34-6-2/h36-37H,5-35H2,1-4H3. The molecule has 0 aliphatic rings. The molecular weight excluding hydrogens is 444 g/mol. The van der Waals surface area contributed by atoms with Gasteiger partial charge in [0.15, 0.2) is 0 Å². The third-order valence-corrected chi connectivity index (χ3v) is 9.23. The summed E-state index contributed by atoms with van der Waals surface area (Å²) in [4.78, 5) is 0. The van der Waals surface area contributed by atoms with Crippen LogP contribution in [0.3, 0.4) is 0 Å². The van der Waals surface area contributed by atoms with Crippen LogP contribution in [0.5, 0.6) is 0 Å². The third-order valence-electron chi connectivity index (χ3n) is 9.23. The van der Waals surface area contributed by atoms with E-state index in [1.165, 1.54) is 199 Å². The molecule has 0 aromatic carbocycles. The Labute approximate surface area is 238 Å². The van der Waals surface area contributed by atoms with E-state index in [1.54, 1.807) is 0 Å². The van der Waals surface area contributed by atoms with Crippen molar-refractivity contribution in [1.82, 2.24) is 0 Å². The lowest BCUT2D eigenvalue weighted by molar-refractivity contribution is 0.330. The maximum Gasteiger partial charge on any atom is -0.0417 e. The van der Waals surface area contributed by atoms with Crippen LogP contribution in [0, 0.1) is 11.8 Å². The molecule has 0 aliphatic heterocycles. The molecule has 0 saturated heterocycles. The van der Waals surface area contributed by atoms with E-state index >= 15 is 0 Å². The van der Waals surface area contributed by atoms with Crippen LogP contribution in [0.1, 0.15) is 227 Å². The topological polar surface area (TPSA) is 0 Å². The molecule has 0 N–H and O–H groups in total. The maximum atomic E-state index is 2.47. The summed E-state index contributed by atoms with van der Waals surface area (Å²) in [6, 6.07) is 0. The molecule has 0 aromatic rings. The molecule has 0 nitrogen and oxygen atoms in total. The monoisotopic (exact) mass is 521 g/mol. The minimum absolute atomic E-state index is 0.930. The molecule has 0 fully saturated rings.